The van der Waals surface area contributed by atoms with Crippen LogP contribution in [0.15, 0.2) is 48.5 Å². The van der Waals surface area contributed by atoms with Crippen molar-refractivity contribution < 1.29 is 33.7 Å². The Labute approximate surface area is 193 Å². The zero-order valence-electron chi connectivity index (χ0n) is 19.2. The lowest BCUT2D eigenvalue weighted by atomic mass is 9.75. The summed E-state index contributed by atoms with van der Waals surface area (Å²) in [5, 5.41) is 9.42. The van der Waals surface area contributed by atoms with Crippen molar-refractivity contribution in [2.24, 2.45) is 17.8 Å². The fraction of sp³-hybridized carbons (Fsp3) is 0.423. The second-order valence-corrected chi connectivity index (χ2v) is 8.87. The predicted octanol–water partition coefficient (Wildman–Crippen LogP) is 4.99. The summed E-state index contributed by atoms with van der Waals surface area (Å²) in [6.45, 7) is 6.31. The van der Waals surface area contributed by atoms with Crippen LogP contribution in [0.5, 0.6) is 11.5 Å². The zero-order chi connectivity index (χ0) is 24.0. The first-order chi connectivity index (χ1) is 15.7. The Morgan fingerprint density at radius 2 is 1.76 bits per heavy atom. The summed E-state index contributed by atoms with van der Waals surface area (Å²) in [4.78, 5) is 36.3. The highest BCUT2D eigenvalue weighted by Gasteiger charge is 2.32. The Hall–Kier alpha value is -3.19. The molecule has 1 saturated carbocycles. The summed E-state index contributed by atoms with van der Waals surface area (Å²) in [5.41, 5.74) is 0.0531. The first-order valence-electron chi connectivity index (χ1n) is 11.2. The number of hydrogen-bond acceptors (Lipinski definition) is 6. The van der Waals surface area contributed by atoms with E-state index in [1.807, 2.05) is 0 Å². The first kappa shape index (κ1) is 24.5. The molecule has 2 aromatic carbocycles. The van der Waals surface area contributed by atoms with E-state index in [9.17, 15) is 19.5 Å². The van der Waals surface area contributed by atoms with E-state index in [0.29, 0.717) is 17.8 Å². The van der Waals surface area contributed by atoms with E-state index in [4.69, 9.17) is 14.2 Å². The van der Waals surface area contributed by atoms with Gasteiger partial charge in [-0.1, -0.05) is 45.4 Å². The van der Waals surface area contributed by atoms with Crippen LogP contribution in [0, 0.1) is 17.8 Å². The number of ether oxygens (including phenoxy) is 3. The van der Waals surface area contributed by atoms with E-state index in [1.165, 1.54) is 18.2 Å². The van der Waals surface area contributed by atoms with Crippen LogP contribution in [0.25, 0.3) is 0 Å². The van der Waals surface area contributed by atoms with E-state index in [2.05, 4.69) is 20.8 Å². The van der Waals surface area contributed by atoms with Gasteiger partial charge < -0.3 is 19.3 Å². The third-order valence-corrected chi connectivity index (χ3v) is 6.00. The third-order valence-electron chi connectivity index (χ3n) is 6.00. The number of carboxylic acid groups (broad SMARTS) is 1. The summed E-state index contributed by atoms with van der Waals surface area (Å²) in [7, 11) is 0. The van der Waals surface area contributed by atoms with Crippen molar-refractivity contribution in [1.82, 2.24) is 0 Å². The Morgan fingerprint density at radius 3 is 2.42 bits per heavy atom. The van der Waals surface area contributed by atoms with Crippen LogP contribution in [-0.2, 0) is 9.53 Å². The molecule has 176 valence electrons. The second-order valence-electron chi connectivity index (χ2n) is 8.87. The Morgan fingerprint density at radius 1 is 1.03 bits per heavy atom. The Balaban J connectivity index is 1.66. The van der Waals surface area contributed by atoms with Gasteiger partial charge in [-0.15, -0.1) is 0 Å². The van der Waals surface area contributed by atoms with Gasteiger partial charge >= 0.3 is 17.9 Å². The first-order valence-corrected chi connectivity index (χ1v) is 11.2. The molecule has 0 aliphatic heterocycles. The van der Waals surface area contributed by atoms with Crippen molar-refractivity contribution in [1.29, 1.82) is 0 Å². The number of carboxylic acids is 1. The molecule has 1 fully saturated rings. The normalized spacial score (nSPS) is 20.3. The molecule has 0 amide bonds. The number of esters is 2. The molecule has 1 aliphatic rings. The molecular formula is C26H30O7. The third kappa shape index (κ3) is 6.65. The fourth-order valence-electron chi connectivity index (χ4n) is 4.20. The lowest BCUT2D eigenvalue weighted by Crippen LogP contribution is -2.36. The molecule has 1 aliphatic carbocycles. The highest BCUT2D eigenvalue weighted by molar-refractivity contribution is 5.95. The summed E-state index contributed by atoms with van der Waals surface area (Å²) in [6, 6.07) is 12.0. The maximum absolute atomic E-state index is 12.4. The number of rotatable bonds is 8. The lowest BCUT2D eigenvalue weighted by molar-refractivity contribution is -0.145. The van der Waals surface area contributed by atoms with E-state index in [1.54, 1.807) is 30.3 Å². The van der Waals surface area contributed by atoms with Crippen LogP contribution in [0.2, 0.25) is 0 Å². The Kier molecular flexibility index (Phi) is 8.22. The van der Waals surface area contributed by atoms with Crippen LogP contribution in [-0.4, -0.2) is 35.7 Å². The van der Waals surface area contributed by atoms with Gasteiger partial charge in [0.25, 0.3) is 0 Å². The minimum absolute atomic E-state index is 0.00178. The van der Waals surface area contributed by atoms with Crippen LogP contribution < -0.4 is 9.47 Å². The van der Waals surface area contributed by atoms with Gasteiger partial charge in [-0.25, -0.2) is 14.4 Å². The van der Waals surface area contributed by atoms with E-state index < -0.39 is 17.9 Å². The van der Waals surface area contributed by atoms with Crippen molar-refractivity contribution in [3.8, 4) is 11.5 Å². The SMILES string of the molecule is CC1CCC(C(C)C)C(OCC(=O)Oc2ccc(C(=O)O)c(OC(=O)c3ccccc3)c2)C1. The number of carbonyl (C=O) groups is 3. The summed E-state index contributed by atoms with van der Waals surface area (Å²) >= 11 is 0. The zero-order valence-corrected chi connectivity index (χ0v) is 19.2. The van der Waals surface area contributed by atoms with E-state index in [0.717, 1.165) is 19.3 Å². The molecule has 3 atom stereocenters. The molecule has 2 aromatic rings. The summed E-state index contributed by atoms with van der Waals surface area (Å²) in [6.07, 6.45) is 3.14. The van der Waals surface area contributed by atoms with Gasteiger partial charge in [-0.2, -0.15) is 0 Å². The minimum Gasteiger partial charge on any atom is -0.478 e. The number of hydrogen-bond donors (Lipinski definition) is 1. The average Bonchev–Trinajstić information content (AvgIpc) is 2.78. The lowest BCUT2D eigenvalue weighted by Gasteiger charge is -2.36. The molecule has 33 heavy (non-hydrogen) atoms. The van der Waals surface area contributed by atoms with E-state index >= 15 is 0 Å². The molecule has 0 spiro atoms. The smallest absolute Gasteiger partial charge is 0.343 e. The summed E-state index contributed by atoms with van der Waals surface area (Å²) in [5.74, 6) is -1.30. The maximum Gasteiger partial charge on any atom is 0.343 e. The standard InChI is InChI=1S/C26H30O7/c1-16(2)20-11-9-17(3)13-22(20)31-15-24(27)32-19-10-12-21(25(28)29)23(14-19)33-26(30)18-7-5-4-6-8-18/h4-8,10,12,14,16-17,20,22H,9,11,13,15H2,1-3H3,(H,28,29). The largest absolute Gasteiger partial charge is 0.478 e. The molecule has 3 rings (SSSR count). The molecule has 1 N–H and O–H groups in total. The number of aromatic carboxylic acids is 1. The molecule has 0 radical (unpaired) electrons. The van der Waals surface area contributed by atoms with Crippen molar-refractivity contribution in [3.05, 3.63) is 59.7 Å². The van der Waals surface area contributed by atoms with Crippen molar-refractivity contribution in [2.45, 2.75) is 46.1 Å². The van der Waals surface area contributed by atoms with Gasteiger partial charge in [0.2, 0.25) is 0 Å². The van der Waals surface area contributed by atoms with Gasteiger partial charge in [0.1, 0.15) is 23.7 Å². The quantitative estimate of drug-likeness (QED) is 0.443. The number of benzene rings is 2. The van der Waals surface area contributed by atoms with Gasteiger partial charge in [0.15, 0.2) is 0 Å². The fourth-order valence-corrected chi connectivity index (χ4v) is 4.20. The minimum atomic E-state index is -1.27. The van der Waals surface area contributed by atoms with Gasteiger partial charge in [-0.05, 0) is 54.9 Å². The molecule has 0 aromatic heterocycles. The van der Waals surface area contributed by atoms with Crippen LogP contribution in [0.4, 0.5) is 0 Å². The van der Waals surface area contributed by atoms with Crippen molar-refractivity contribution >= 4 is 17.9 Å². The monoisotopic (exact) mass is 454 g/mol. The van der Waals surface area contributed by atoms with Gasteiger partial charge in [0, 0.05) is 6.07 Å². The molecular weight excluding hydrogens is 424 g/mol. The van der Waals surface area contributed by atoms with Crippen molar-refractivity contribution in [2.75, 3.05) is 6.61 Å². The topological polar surface area (TPSA) is 99.1 Å². The molecule has 3 unspecified atom stereocenters. The summed E-state index contributed by atoms with van der Waals surface area (Å²) < 4.78 is 16.5. The maximum atomic E-state index is 12.4. The average molecular weight is 455 g/mol. The highest BCUT2D eigenvalue weighted by Crippen LogP contribution is 2.35. The highest BCUT2D eigenvalue weighted by atomic mass is 16.6. The number of carbonyl (C=O) groups excluding carboxylic acids is 2. The van der Waals surface area contributed by atoms with Crippen LogP contribution in [0.1, 0.15) is 60.7 Å². The van der Waals surface area contributed by atoms with Crippen LogP contribution in [0.3, 0.4) is 0 Å². The molecule has 0 bridgehead atoms. The van der Waals surface area contributed by atoms with Gasteiger partial charge in [0.05, 0.1) is 11.7 Å². The molecule has 0 saturated heterocycles. The van der Waals surface area contributed by atoms with Gasteiger partial charge in [-0.3, -0.25) is 0 Å². The molecule has 7 nitrogen and oxygen atoms in total. The van der Waals surface area contributed by atoms with Crippen molar-refractivity contribution in [3.63, 3.8) is 0 Å². The predicted molar refractivity (Wildman–Crippen MR) is 122 cm³/mol. The second kappa shape index (κ2) is 11.1. The van der Waals surface area contributed by atoms with E-state index in [-0.39, 0.29) is 35.3 Å². The molecule has 7 heteroatoms. The Bertz CT molecular complexity index is 983. The van der Waals surface area contributed by atoms with Crippen LogP contribution >= 0.6 is 0 Å². The molecule has 0 heterocycles.